The molecule has 0 radical (unpaired) electrons. The topological polar surface area (TPSA) is 53.6 Å². The summed E-state index contributed by atoms with van der Waals surface area (Å²) in [4.78, 5) is 4.90. The van der Waals surface area contributed by atoms with Gasteiger partial charge in [0.1, 0.15) is 12.1 Å². The summed E-state index contributed by atoms with van der Waals surface area (Å²) in [6, 6.07) is 5.08. The van der Waals surface area contributed by atoms with Gasteiger partial charge in [-0.3, -0.25) is 5.10 Å². The molecule has 0 spiro atoms. The van der Waals surface area contributed by atoms with Crippen molar-refractivity contribution >= 4 is 11.8 Å². The molecule has 0 saturated carbocycles. The maximum atomic E-state index is 13.9. The Bertz CT molecular complexity index is 513. The summed E-state index contributed by atoms with van der Waals surface area (Å²) in [5.74, 6) is 0.345. The summed E-state index contributed by atoms with van der Waals surface area (Å²) in [7, 11) is 0. The highest BCUT2D eigenvalue weighted by atomic mass is 32.2. The van der Waals surface area contributed by atoms with Crippen molar-refractivity contribution in [3.63, 3.8) is 0 Å². The van der Waals surface area contributed by atoms with Crippen LogP contribution in [0.1, 0.15) is 19.4 Å². The number of aromatic amines is 1. The molecule has 0 atom stereocenters. The van der Waals surface area contributed by atoms with Crippen LogP contribution in [0.5, 0.6) is 0 Å². The third kappa shape index (κ3) is 4.04. The maximum Gasteiger partial charge on any atom is 0.188 e. The Kier molecular flexibility index (Phi) is 4.93. The molecule has 19 heavy (non-hydrogen) atoms. The normalized spacial score (nSPS) is 11.2. The summed E-state index contributed by atoms with van der Waals surface area (Å²) >= 11 is 1.38. The lowest BCUT2D eigenvalue weighted by Gasteiger charge is -2.11. The number of nitrogens with one attached hydrogen (secondary N) is 2. The molecule has 0 fully saturated rings. The van der Waals surface area contributed by atoms with Crippen LogP contribution in [0, 0.1) is 11.7 Å². The average Bonchev–Trinajstić information content (AvgIpc) is 2.85. The Balaban J connectivity index is 2.11. The monoisotopic (exact) mass is 280 g/mol. The Morgan fingerprint density at radius 3 is 2.95 bits per heavy atom. The second kappa shape index (κ2) is 6.68. The van der Waals surface area contributed by atoms with E-state index in [0.717, 1.165) is 11.4 Å². The van der Waals surface area contributed by atoms with Crippen LogP contribution in [-0.2, 0) is 6.54 Å². The van der Waals surface area contributed by atoms with Gasteiger partial charge in [-0.1, -0.05) is 19.9 Å². The zero-order valence-electron chi connectivity index (χ0n) is 11.0. The van der Waals surface area contributed by atoms with Crippen molar-refractivity contribution < 1.29 is 4.39 Å². The third-order valence-electron chi connectivity index (χ3n) is 2.53. The van der Waals surface area contributed by atoms with Crippen molar-refractivity contribution in [3.05, 3.63) is 35.9 Å². The Hall–Kier alpha value is -1.40. The first-order valence-corrected chi connectivity index (χ1v) is 6.99. The molecular formula is C13H17FN4S. The van der Waals surface area contributed by atoms with Crippen LogP contribution in [0.4, 0.5) is 4.39 Å². The van der Waals surface area contributed by atoms with E-state index in [1.807, 2.05) is 6.07 Å². The van der Waals surface area contributed by atoms with Crippen molar-refractivity contribution in [1.29, 1.82) is 0 Å². The van der Waals surface area contributed by atoms with Gasteiger partial charge in [0.25, 0.3) is 0 Å². The van der Waals surface area contributed by atoms with Gasteiger partial charge in [0.2, 0.25) is 0 Å². The Labute approximate surface area is 116 Å². The second-order valence-corrected chi connectivity index (χ2v) is 5.66. The van der Waals surface area contributed by atoms with E-state index in [1.165, 1.54) is 24.2 Å². The van der Waals surface area contributed by atoms with Gasteiger partial charge in [0, 0.05) is 17.0 Å². The van der Waals surface area contributed by atoms with Crippen LogP contribution in [0.15, 0.2) is 34.6 Å². The summed E-state index contributed by atoms with van der Waals surface area (Å²) in [6.07, 6.45) is 1.44. The first-order chi connectivity index (χ1) is 9.16. The molecule has 102 valence electrons. The fourth-order valence-electron chi connectivity index (χ4n) is 1.64. The molecule has 1 aromatic carbocycles. The fourth-order valence-corrected chi connectivity index (χ4v) is 2.49. The molecule has 0 aliphatic rings. The number of aromatic nitrogens is 3. The molecule has 0 aliphatic carbocycles. The predicted octanol–water partition coefficient (Wildman–Crippen LogP) is 2.84. The first-order valence-electron chi connectivity index (χ1n) is 6.18. The average molecular weight is 280 g/mol. The minimum Gasteiger partial charge on any atom is -0.312 e. The van der Waals surface area contributed by atoms with E-state index in [9.17, 15) is 4.39 Å². The quantitative estimate of drug-likeness (QED) is 0.854. The van der Waals surface area contributed by atoms with Gasteiger partial charge in [-0.2, -0.15) is 5.10 Å². The van der Waals surface area contributed by atoms with E-state index in [0.29, 0.717) is 23.2 Å². The number of hydrogen-bond acceptors (Lipinski definition) is 4. The molecule has 1 aromatic heterocycles. The summed E-state index contributed by atoms with van der Waals surface area (Å²) < 4.78 is 13.9. The molecule has 4 nitrogen and oxygen atoms in total. The minimum atomic E-state index is -0.194. The highest BCUT2D eigenvalue weighted by Gasteiger charge is 2.11. The lowest BCUT2D eigenvalue weighted by Crippen LogP contribution is -2.20. The smallest absolute Gasteiger partial charge is 0.188 e. The molecule has 2 aromatic rings. The van der Waals surface area contributed by atoms with Crippen LogP contribution in [0.3, 0.4) is 0 Å². The van der Waals surface area contributed by atoms with E-state index in [1.54, 1.807) is 6.07 Å². The zero-order valence-corrected chi connectivity index (χ0v) is 11.8. The van der Waals surface area contributed by atoms with Crippen molar-refractivity contribution in [1.82, 2.24) is 20.5 Å². The molecule has 2 N–H and O–H groups in total. The van der Waals surface area contributed by atoms with Crippen molar-refractivity contribution in [2.75, 3.05) is 6.54 Å². The molecule has 0 amide bonds. The number of hydrogen-bond donors (Lipinski definition) is 2. The van der Waals surface area contributed by atoms with E-state index in [2.05, 4.69) is 34.3 Å². The highest BCUT2D eigenvalue weighted by molar-refractivity contribution is 7.99. The number of rotatable bonds is 6. The number of benzene rings is 1. The molecule has 0 unspecified atom stereocenters. The summed E-state index contributed by atoms with van der Waals surface area (Å²) in [5, 5.41) is 10.5. The van der Waals surface area contributed by atoms with Crippen LogP contribution >= 0.6 is 11.8 Å². The standard InChI is InChI=1S/C13H17FN4S/c1-9(2)6-15-7-10-11(14)4-3-5-12(10)19-13-16-8-17-18-13/h3-5,8-9,15H,6-7H2,1-2H3,(H,16,17,18). The van der Waals surface area contributed by atoms with E-state index < -0.39 is 0 Å². The fraction of sp³-hybridized carbons (Fsp3) is 0.385. The van der Waals surface area contributed by atoms with Crippen molar-refractivity contribution in [3.8, 4) is 0 Å². The lowest BCUT2D eigenvalue weighted by molar-refractivity contribution is 0.530. The van der Waals surface area contributed by atoms with Gasteiger partial charge >= 0.3 is 0 Å². The largest absolute Gasteiger partial charge is 0.312 e. The van der Waals surface area contributed by atoms with E-state index in [-0.39, 0.29) is 5.82 Å². The van der Waals surface area contributed by atoms with Crippen LogP contribution < -0.4 is 5.32 Å². The van der Waals surface area contributed by atoms with Gasteiger partial charge in [0.15, 0.2) is 5.16 Å². The van der Waals surface area contributed by atoms with Gasteiger partial charge in [0.05, 0.1) is 0 Å². The second-order valence-electron chi connectivity index (χ2n) is 4.63. The van der Waals surface area contributed by atoms with Crippen molar-refractivity contribution in [2.45, 2.75) is 30.4 Å². The molecule has 0 aliphatic heterocycles. The summed E-state index contributed by atoms with van der Waals surface area (Å²) in [5.41, 5.74) is 0.671. The lowest BCUT2D eigenvalue weighted by atomic mass is 10.2. The van der Waals surface area contributed by atoms with Crippen molar-refractivity contribution in [2.24, 2.45) is 5.92 Å². The highest BCUT2D eigenvalue weighted by Crippen LogP contribution is 2.29. The van der Waals surface area contributed by atoms with Crippen LogP contribution in [0.25, 0.3) is 0 Å². The van der Waals surface area contributed by atoms with Gasteiger partial charge in [-0.25, -0.2) is 9.37 Å². The molecule has 6 heteroatoms. The Morgan fingerprint density at radius 1 is 1.42 bits per heavy atom. The number of halogens is 1. The predicted molar refractivity (Wildman–Crippen MR) is 73.5 cm³/mol. The molecular weight excluding hydrogens is 263 g/mol. The van der Waals surface area contributed by atoms with E-state index >= 15 is 0 Å². The summed E-state index contributed by atoms with van der Waals surface area (Å²) in [6.45, 7) is 5.62. The van der Waals surface area contributed by atoms with E-state index in [4.69, 9.17) is 0 Å². The molecule has 1 heterocycles. The van der Waals surface area contributed by atoms with Gasteiger partial charge in [-0.15, -0.1) is 0 Å². The molecule has 0 saturated heterocycles. The zero-order chi connectivity index (χ0) is 13.7. The van der Waals surface area contributed by atoms with Crippen LogP contribution in [0.2, 0.25) is 0 Å². The molecule has 2 rings (SSSR count). The number of H-pyrrole nitrogens is 1. The van der Waals surface area contributed by atoms with Crippen LogP contribution in [-0.4, -0.2) is 21.7 Å². The van der Waals surface area contributed by atoms with Gasteiger partial charge in [-0.05, 0) is 36.4 Å². The number of nitrogens with zero attached hydrogens (tertiary/aromatic N) is 2. The Morgan fingerprint density at radius 2 is 2.26 bits per heavy atom. The maximum absolute atomic E-state index is 13.9. The third-order valence-corrected chi connectivity index (χ3v) is 3.52. The first kappa shape index (κ1) is 14.0. The molecule has 0 bridgehead atoms. The van der Waals surface area contributed by atoms with Gasteiger partial charge < -0.3 is 5.32 Å². The SMILES string of the molecule is CC(C)CNCc1c(F)cccc1Sc1ncn[nH]1. The minimum absolute atomic E-state index is 0.194.